The van der Waals surface area contributed by atoms with Crippen LogP contribution >= 0.6 is 23.1 Å². The number of carbonyl (C=O) groups is 2. The van der Waals surface area contributed by atoms with Crippen molar-refractivity contribution in [3.05, 3.63) is 44.4 Å². The predicted molar refractivity (Wildman–Crippen MR) is 92.8 cm³/mol. The smallest absolute Gasteiger partial charge is 0.312 e. The number of ether oxygens (including phenoxy) is 1. The molecule has 0 fully saturated rings. The summed E-state index contributed by atoms with van der Waals surface area (Å²) in [6.07, 6.45) is -0.530. The van der Waals surface area contributed by atoms with E-state index < -0.39 is 29.7 Å². The molecule has 2 atom stereocenters. The van der Waals surface area contributed by atoms with Crippen LogP contribution in [0.3, 0.4) is 0 Å². The number of benzene rings is 1. The Kier molecular flexibility index (Phi) is 4.61. The highest BCUT2D eigenvalue weighted by atomic mass is 32.2. The number of carboxylic acid groups (broad SMARTS) is 2. The number of aromatic nitrogens is 1. The van der Waals surface area contributed by atoms with Gasteiger partial charge >= 0.3 is 16.8 Å². The summed E-state index contributed by atoms with van der Waals surface area (Å²) in [4.78, 5) is 38.4. The predicted octanol–water partition coefficient (Wildman–Crippen LogP) is 2.23. The number of H-pyrrole nitrogens is 1. The van der Waals surface area contributed by atoms with Gasteiger partial charge < -0.3 is 19.9 Å². The third-order valence-electron chi connectivity index (χ3n) is 4.27. The van der Waals surface area contributed by atoms with Crippen molar-refractivity contribution in [2.45, 2.75) is 17.4 Å². The van der Waals surface area contributed by atoms with Crippen molar-refractivity contribution >= 4 is 35.0 Å². The van der Waals surface area contributed by atoms with Gasteiger partial charge in [0.1, 0.15) is 5.75 Å². The molecule has 2 aromatic rings. The van der Waals surface area contributed by atoms with E-state index in [4.69, 9.17) is 4.74 Å². The van der Waals surface area contributed by atoms with Crippen molar-refractivity contribution in [3.8, 4) is 5.75 Å². The fourth-order valence-electron chi connectivity index (χ4n) is 3.11. The second-order valence-corrected chi connectivity index (χ2v) is 7.73. The number of nitrogens with one attached hydrogen (secondary N) is 1. The van der Waals surface area contributed by atoms with Crippen LogP contribution in [0.15, 0.2) is 34.1 Å². The van der Waals surface area contributed by atoms with Gasteiger partial charge in [0.2, 0.25) is 0 Å². The van der Waals surface area contributed by atoms with E-state index in [1.54, 1.807) is 24.3 Å². The lowest BCUT2D eigenvalue weighted by atomic mass is 9.70. The number of fused-ring (bicyclic) bond motifs is 1. The van der Waals surface area contributed by atoms with Crippen molar-refractivity contribution in [2.75, 3.05) is 12.9 Å². The van der Waals surface area contributed by atoms with E-state index in [0.717, 1.165) is 11.3 Å². The van der Waals surface area contributed by atoms with Gasteiger partial charge in [0.25, 0.3) is 0 Å². The zero-order chi connectivity index (χ0) is 18.2. The zero-order valence-corrected chi connectivity index (χ0v) is 14.8. The molecule has 1 aliphatic rings. The van der Waals surface area contributed by atoms with Crippen molar-refractivity contribution < 1.29 is 24.5 Å². The highest BCUT2D eigenvalue weighted by molar-refractivity contribution is 7.99. The maximum atomic E-state index is 12.2. The molecule has 0 aliphatic carbocycles. The van der Waals surface area contributed by atoms with E-state index in [0.29, 0.717) is 21.2 Å². The first kappa shape index (κ1) is 17.6. The first-order valence-electron chi connectivity index (χ1n) is 7.32. The Bertz CT molecular complexity index is 871. The molecule has 0 unspecified atom stereocenters. The molecule has 0 amide bonds. The molecule has 0 bridgehead atoms. The van der Waals surface area contributed by atoms with Crippen LogP contribution in [0.5, 0.6) is 5.75 Å². The number of carboxylic acids is 2. The average molecular weight is 381 g/mol. The Morgan fingerprint density at radius 1 is 1.32 bits per heavy atom. The molecule has 3 rings (SSSR count). The molecule has 0 spiro atoms. The Morgan fingerprint density at radius 2 is 2.00 bits per heavy atom. The third kappa shape index (κ3) is 3.05. The number of hydrogen-bond donors (Lipinski definition) is 3. The molecule has 2 heterocycles. The van der Waals surface area contributed by atoms with Crippen molar-refractivity contribution in [1.82, 2.24) is 4.98 Å². The van der Waals surface area contributed by atoms with Crippen LogP contribution in [0.25, 0.3) is 0 Å². The van der Waals surface area contributed by atoms with Crippen LogP contribution in [0.1, 0.15) is 22.8 Å². The largest absolute Gasteiger partial charge is 0.497 e. The van der Waals surface area contributed by atoms with Crippen molar-refractivity contribution in [3.63, 3.8) is 0 Å². The molecule has 0 saturated carbocycles. The first-order valence-corrected chi connectivity index (χ1v) is 9.12. The number of rotatable bonds is 5. The Labute approximate surface area is 150 Å². The zero-order valence-electron chi connectivity index (χ0n) is 13.1. The average Bonchev–Trinajstić information content (AvgIpc) is 2.94. The van der Waals surface area contributed by atoms with Gasteiger partial charge in [-0.15, -0.1) is 11.8 Å². The lowest BCUT2D eigenvalue weighted by molar-refractivity contribution is -0.155. The number of aliphatic carboxylic acids is 2. The maximum Gasteiger partial charge on any atom is 0.312 e. The molecule has 9 heteroatoms. The molecule has 1 aromatic heterocycles. The van der Waals surface area contributed by atoms with Crippen LogP contribution in [-0.4, -0.2) is 40.0 Å². The van der Waals surface area contributed by atoms with Crippen LogP contribution in [0.2, 0.25) is 0 Å². The molecular formula is C16H15NO6S2. The number of methoxy groups -OCH3 is 1. The number of hydrogen-bond acceptors (Lipinski definition) is 6. The summed E-state index contributed by atoms with van der Waals surface area (Å²) in [6, 6.07) is 6.82. The topological polar surface area (TPSA) is 117 Å². The summed E-state index contributed by atoms with van der Waals surface area (Å²) in [7, 11) is 1.52. The van der Waals surface area contributed by atoms with Gasteiger partial charge in [0, 0.05) is 16.5 Å². The summed E-state index contributed by atoms with van der Waals surface area (Å²) >= 11 is 2.11. The molecule has 132 valence electrons. The number of thioether (sulfide) groups is 1. The molecule has 0 radical (unpaired) electrons. The number of thiazole rings is 1. The third-order valence-corrected chi connectivity index (χ3v) is 6.62. The fourth-order valence-corrected chi connectivity index (χ4v) is 5.67. The van der Waals surface area contributed by atoms with E-state index in [2.05, 4.69) is 4.98 Å². The fraction of sp³-hybridized carbons (Fsp3) is 0.312. The highest BCUT2D eigenvalue weighted by Gasteiger charge is 2.53. The summed E-state index contributed by atoms with van der Waals surface area (Å²) in [5.74, 6) is -2.43. The minimum atomic E-state index is -1.54. The van der Waals surface area contributed by atoms with E-state index in [1.807, 2.05) is 0 Å². The minimum absolute atomic E-state index is 0.0605. The lowest BCUT2D eigenvalue weighted by Crippen LogP contribution is -2.43. The SMILES string of the molecule is COc1ccc([C@@H]2c3sc(=O)[nH]c3SC[C@]2(CC(=O)O)C(=O)O)cc1. The molecule has 7 nitrogen and oxygen atoms in total. The Balaban J connectivity index is 2.21. The van der Waals surface area contributed by atoms with E-state index >= 15 is 0 Å². The summed E-state index contributed by atoms with van der Waals surface area (Å²) in [5, 5.41) is 19.8. The Hall–Kier alpha value is -2.26. The summed E-state index contributed by atoms with van der Waals surface area (Å²) in [6.45, 7) is 0. The van der Waals surface area contributed by atoms with Gasteiger partial charge in [0.05, 0.1) is 24.0 Å². The van der Waals surface area contributed by atoms with Gasteiger partial charge in [-0.05, 0) is 17.7 Å². The quantitative estimate of drug-likeness (QED) is 0.727. The standard InChI is InChI=1S/C16H15NO6S2/c1-23-9-4-2-8(3-5-9)11-12-13(17-15(22)25-12)24-7-16(11,14(20)21)6-10(18)19/h2-5,11H,6-7H2,1H3,(H,17,22)(H,18,19)(H,20,21)/t11-,16+/m1/s1. The second kappa shape index (κ2) is 6.57. The molecule has 3 N–H and O–H groups in total. The first-order chi connectivity index (χ1) is 11.9. The molecule has 1 aromatic carbocycles. The molecular weight excluding hydrogens is 366 g/mol. The van der Waals surface area contributed by atoms with Gasteiger partial charge in [-0.25, -0.2) is 0 Å². The van der Waals surface area contributed by atoms with Gasteiger partial charge in [0.15, 0.2) is 0 Å². The maximum absolute atomic E-state index is 12.2. The van der Waals surface area contributed by atoms with E-state index in [-0.39, 0.29) is 10.6 Å². The normalized spacial score (nSPS) is 22.2. The lowest BCUT2D eigenvalue weighted by Gasteiger charge is -2.39. The van der Waals surface area contributed by atoms with Crippen LogP contribution < -0.4 is 9.61 Å². The summed E-state index contributed by atoms with van der Waals surface area (Å²) < 4.78 is 5.13. The molecule has 0 saturated heterocycles. The summed E-state index contributed by atoms with van der Waals surface area (Å²) in [5.41, 5.74) is -0.898. The van der Waals surface area contributed by atoms with Crippen LogP contribution in [0, 0.1) is 5.41 Å². The van der Waals surface area contributed by atoms with Crippen LogP contribution in [-0.2, 0) is 9.59 Å². The van der Waals surface area contributed by atoms with E-state index in [1.165, 1.54) is 18.9 Å². The van der Waals surface area contributed by atoms with Gasteiger partial charge in [-0.2, -0.15) is 0 Å². The van der Waals surface area contributed by atoms with Crippen molar-refractivity contribution in [1.29, 1.82) is 0 Å². The minimum Gasteiger partial charge on any atom is -0.497 e. The highest BCUT2D eigenvalue weighted by Crippen LogP contribution is 2.54. The van der Waals surface area contributed by atoms with Gasteiger partial charge in [-0.3, -0.25) is 14.4 Å². The number of aromatic amines is 1. The second-order valence-electron chi connectivity index (χ2n) is 5.73. The molecule has 25 heavy (non-hydrogen) atoms. The van der Waals surface area contributed by atoms with Crippen molar-refractivity contribution in [2.24, 2.45) is 5.41 Å². The van der Waals surface area contributed by atoms with E-state index in [9.17, 15) is 24.6 Å². The van der Waals surface area contributed by atoms with Crippen LogP contribution in [0.4, 0.5) is 0 Å². The Morgan fingerprint density at radius 3 is 2.56 bits per heavy atom. The van der Waals surface area contributed by atoms with Gasteiger partial charge in [-0.1, -0.05) is 23.5 Å². The molecule has 1 aliphatic heterocycles. The monoisotopic (exact) mass is 381 g/mol.